The number of aliphatic hydroxyl groups excluding tert-OH is 3. The second-order valence-electron chi connectivity index (χ2n) is 8.00. The summed E-state index contributed by atoms with van der Waals surface area (Å²) in [5.74, 6) is -4.59. The molecule has 5 unspecified atom stereocenters. The van der Waals surface area contributed by atoms with Crippen molar-refractivity contribution in [3.8, 4) is 40.1 Å². The fourth-order valence-electron chi connectivity index (χ4n) is 3.80. The summed E-state index contributed by atoms with van der Waals surface area (Å²) in [7, 11) is 0. The van der Waals surface area contributed by atoms with E-state index in [1.807, 2.05) is 0 Å². The van der Waals surface area contributed by atoms with Crippen LogP contribution in [0.5, 0.6) is 28.7 Å². The maximum atomic E-state index is 12.7. The van der Waals surface area contributed by atoms with E-state index in [9.17, 15) is 45.3 Å². The van der Waals surface area contributed by atoms with Gasteiger partial charge in [0.25, 0.3) is 0 Å². The fraction of sp³-hybridized carbons (Fsp3) is 0.304. The zero-order valence-corrected chi connectivity index (χ0v) is 18.6. The number of hydrogen-bond acceptors (Lipinski definition) is 13. The molecule has 1 fully saturated rings. The molecule has 1 aliphatic heterocycles. The summed E-state index contributed by atoms with van der Waals surface area (Å²) in [6, 6.07) is 6.27. The Hall–Kier alpha value is -4.04. The number of aliphatic hydroxyl groups is 3. The van der Waals surface area contributed by atoms with Gasteiger partial charge in [-0.15, -0.1) is 0 Å². The lowest BCUT2D eigenvalue weighted by Gasteiger charge is -2.41. The van der Waals surface area contributed by atoms with Gasteiger partial charge in [0.05, 0.1) is 6.61 Å². The molecule has 36 heavy (non-hydrogen) atoms. The first-order valence-corrected chi connectivity index (χ1v) is 10.5. The highest BCUT2D eigenvalue weighted by molar-refractivity contribution is 5.91. The highest BCUT2D eigenvalue weighted by Crippen LogP contribution is 2.44. The molecule has 13 nitrogen and oxygen atoms in total. The molecule has 0 aliphatic carbocycles. The Morgan fingerprint density at radius 2 is 1.67 bits per heavy atom. The van der Waals surface area contributed by atoms with Crippen molar-refractivity contribution in [1.29, 1.82) is 0 Å². The molecule has 0 amide bonds. The third-order valence-electron chi connectivity index (χ3n) is 5.57. The molecule has 3 aromatic rings. The van der Waals surface area contributed by atoms with Crippen LogP contribution >= 0.6 is 0 Å². The largest absolute Gasteiger partial charge is 0.508 e. The average molecular weight is 506 g/mol. The van der Waals surface area contributed by atoms with Crippen LogP contribution in [0, 0.1) is 0 Å². The van der Waals surface area contributed by atoms with Gasteiger partial charge in [0.2, 0.25) is 23.2 Å². The minimum atomic E-state index is -1.84. The Labute approximate surface area is 201 Å². The first-order valence-electron chi connectivity index (χ1n) is 10.5. The van der Waals surface area contributed by atoms with Crippen LogP contribution in [0.25, 0.3) is 22.3 Å². The summed E-state index contributed by atoms with van der Waals surface area (Å²) in [6.07, 6.45) is -8.06. The molecule has 192 valence electrons. The highest BCUT2D eigenvalue weighted by atomic mass is 16.7. The van der Waals surface area contributed by atoms with E-state index in [4.69, 9.17) is 18.6 Å². The quantitative estimate of drug-likeness (QED) is 0.180. The van der Waals surface area contributed by atoms with Gasteiger partial charge in [0.15, 0.2) is 23.4 Å². The van der Waals surface area contributed by atoms with Crippen LogP contribution in [0.2, 0.25) is 0 Å². The number of phenols is 3. The Balaban J connectivity index is 1.75. The molecule has 5 atom stereocenters. The Morgan fingerprint density at radius 3 is 2.28 bits per heavy atom. The smallest absolute Gasteiger partial charge is 0.303 e. The number of phenolic OH excluding ortho intramolecular Hbond substituents is 3. The lowest BCUT2D eigenvalue weighted by Crippen LogP contribution is -2.61. The molecule has 1 aromatic heterocycles. The van der Waals surface area contributed by atoms with Crippen LogP contribution in [-0.4, -0.2) is 79.0 Å². The van der Waals surface area contributed by atoms with E-state index in [1.165, 1.54) is 24.3 Å². The molecular weight excluding hydrogens is 484 g/mol. The molecule has 0 radical (unpaired) electrons. The van der Waals surface area contributed by atoms with E-state index < -0.39 is 77.1 Å². The van der Waals surface area contributed by atoms with E-state index in [0.29, 0.717) is 0 Å². The fourth-order valence-corrected chi connectivity index (χ4v) is 3.80. The maximum Gasteiger partial charge on any atom is 0.303 e. The second-order valence-corrected chi connectivity index (χ2v) is 8.00. The van der Waals surface area contributed by atoms with Crippen LogP contribution in [-0.2, 0) is 14.3 Å². The standard InChI is InChI=1S/C23H22O13/c1-8(25)33-22-13(7-24)36-23(20(32)19(22)31)35-12-6-11-14(16(28)15(12)27)17(29)18(30)21(34-11)9-2-4-10(26)5-3-9/h2-6,13,19-20,22-24,26-28,30-32H,7H2,1H3. The third kappa shape index (κ3) is 4.35. The van der Waals surface area contributed by atoms with Gasteiger partial charge in [0, 0.05) is 18.6 Å². The van der Waals surface area contributed by atoms with E-state index in [-0.39, 0.29) is 22.7 Å². The molecule has 2 aromatic carbocycles. The maximum absolute atomic E-state index is 12.7. The number of esters is 1. The summed E-state index contributed by atoms with van der Waals surface area (Å²) in [6.45, 7) is 0.324. The second kappa shape index (κ2) is 9.54. The summed E-state index contributed by atoms with van der Waals surface area (Å²) >= 11 is 0. The van der Waals surface area contributed by atoms with Crippen LogP contribution in [0.3, 0.4) is 0 Å². The van der Waals surface area contributed by atoms with Crippen molar-refractivity contribution in [2.75, 3.05) is 6.61 Å². The molecule has 1 saturated heterocycles. The Morgan fingerprint density at radius 1 is 1.00 bits per heavy atom. The zero-order chi connectivity index (χ0) is 26.3. The molecule has 4 rings (SSSR count). The zero-order valence-electron chi connectivity index (χ0n) is 18.6. The van der Waals surface area contributed by atoms with Crippen LogP contribution in [0.4, 0.5) is 0 Å². The topological polar surface area (TPSA) is 217 Å². The van der Waals surface area contributed by atoms with Gasteiger partial charge in [-0.1, -0.05) is 0 Å². The van der Waals surface area contributed by atoms with E-state index in [0.717, 1.165) is 13.0 Å². The number of carbonyl (C=O) groups excluding carboxylic acids is 1. The van der Waals surface area contributed by atoms with Gasteiger partial charge in [-0.2, -0.15) is 0 Å². The molecule has 7 N–H and O–H groups in total. The first-order chi connectivity index (χ1) is 17.0. The third-order valence-corrected chi connectivity index (χ3v) is 5.57. The summed E-state index contributed by atoms with van der Waals surface area (Å²) in [4.78, 5) is 24.0. The van der Waals surface area contributed by atoms with Gasteiger partial charge < -0.3 is 54.4 Å². The van der Waals surface area contributed by atoms with Crippen molar-refractivity contribution >= 4 is 16.9 Å². The van der Waals surface area contributed by atoms with Crippen molar-refractivity contribution < 1.29 is 59.2 Å². The predicted octanol–water partition coefficient (Wildman–Crippen LogP) is 0.0319. The van der Waals surface area contributed by atoms with Crippen molar-refractivity contribution in [3.05, 3.63) is 40.6 Å². The number of ether oxygens (including phenoxy) is 3. The van der Waals surface area contributed by atoms with Crippen molar-refractivity contribution in [2.24, 2.45) is 0 Å². The van der Waals surface area contributed by atoms with Crippen LogP contribution in [0.1, 0.15) is 6.92 Å². The number of aromatic hydroxyl groups is 4. The minimum absolute atomic E-state index is 0.0787. The molecule has 0 spiro atoms. The monoisotopic (exact) mass is 506 g/mol. The van der Waals surface area contributed by atoms with Gasteiger partial charge in [0.1, 0.15) is 35.0 Å². The van der Waals surface area contributed by atoms with Crippen LogP contribution in [0.15, 0.2) is 39.5 Å². The van der Waals surface area contributed by atoms with Crippen molar-refractivity contribution in [3.63, 3.8) is 0 Å². The molecule has 13 heteroatoms. The lowest BCUT2D eigenvalue weighted by atomic mass is 9.99. The number of benzene rings is 2. The number of fused-ring (bicyclic) bond motifs is 1. The Bertz CT molecular complexity index is 1350. The van der Waals surface area contributed by atoms with Crippen LogP contribution < -0.4 is 10.2 Å². The highest BCUT2D eigenvalue weighted by Gasteiger charge is 2.47. The number of hydrogen-bond donors (Lipinski definition) is 7. The van der Waals surface area contributed by atoms with E-state index in [1.54, 1.807) is 0 Å². The van der Waals surface area contributed by atoms with E-state index in [2.05, 4.69) is 0 Å². The summed E-state index contributed by atoms with van der Waals surface area (Å²) in [5, 5.41) is 70.5. The molecular formula is C23H22O13. The average Bonchev–Trinajstić information content (AvgIpc) is 2.84. The first kappa shape index (κ1) is 25.1. The lowest BCUT2D eigenvalue weighted by molar-refractivity contribution is -0.281. The van der Waals surface area contributed by atoms with Crippen molar-refractivity contribution in [1.82, 2.24) is 0 Å². The number of carbonyl (C=O) groups is 1. The molecule has 0 bridgehead atoms. The van der Waals surface area contributed by atoms with Gasteiger partial charge in [-0.05, 0) is 24.3 Å². The predicted molar refractivity (Wildman–Crippen MR) is 119 cm³/mol. The Kier molecular flexibility index (Phi) is 6.65. The molecule has 1 aliphatic rings. The molecule has 0 saturated carbocycles. The normalized spacial score (nSPS) is 23.9. The minimum Gasteiger partial charge on any atom is -0.508 e. The number of rotatable bonds is 5. The SMILES string of the molecule is CC(=O)OC1C(CO)OC(Oc2cc3oc(-c4ccc(O)cc4)c(O)c(=O)c3c(O)c2O)C(O)C1O. The van der Waals surface area contributed by atoms with Gasteiger partial charge in [-0.3, -0.25) is 9.59 Å². The van der Waals surface area contributed by atoms with E-state index >= 15 is 0 Å². The van der Waals surface area contributed by atoms with Gasteiger partial charge in [-0.25, -0.2) is 0 Å². The molecule has 2 heterocycles. The summed E-state index contributed by atoms with van der Waals surface area (Å²) in [5.41, 5.74) is -1.21. The van der Waals surface area contributed by atoms with Gasteiger partial charge >= 0.3 is 5.97 Å². The van der Waals surface area contributed by atoms with Crippen molar-refractivity contribution in [2.45, 2.75) is 37.6 Å². The summed E-state index contributed by atoms with van der Waals surface area (Å²) < 4.78 is 21.3.